The first-order valence-electron chi connectivity index (χ1n) is 5.01. The molecule has 86 valence electrons. The molecule has 1 heterocycles. The molecule has 1 aromatic rings. The Hall–Kier alpha value is -1.62. The third kappa shape index (κ3) is 1.74. The third-order valence-electron chi connectivity index (χ3n) is 2.86. The maximum absolute atomic E-state index is 13.8. The summed E-state index contributed by atoms with van der Waals surface area (Å²) in [6.45, 7) is 0.0801. The number of hydrogen-bond acceptors (Lipinski definition) is 2. The van der Waals surface area contributed by atoms with Crippen LogP contribution in [0.25, 0.3) is 0 Å². The van der Waals surface area contributed by atoms with Crippen LogP contribution < -0.4 is 0 Å². The van der Waals surface area contributed by atoms with Crippen molar-refractivity contribution >= 4 is 6.09 Å². The number of aliphatic hydroxyl groups excluding tert-OH is 1. The first-order chi connectivity index (χ1) is 7.63. The van der Waals surface area contributed by atoms with Gasteiger partial charge in [-0.2, -0.15) is 0 Å². The Balaban J connectivity index is 2.38. The van der Waals surface area contributed by atoms with Crippen LogP contribution in [0.15, 0.2) is 12.1 Å². The van der Waals surface area contributed by atoms with Crippen LogP contribution in [-0.4, -0.2) is 27.8 Å². The summed E-state index contributed by atoms with van der Waals surface area (Å²) in [5, 5.41) is 17.8. The molecule has 0 radical (unpaired) electrons. The van der Waals surface area contributed by atoms with Crippen molar-refractivity contribution in [2.45, 2.75) is 19.6 Å². The highest BCUT2D eigenvalue weighted by atomic mass is 19.1. The zero-order valence-corrected chi connectivity index (χ0v) is 8.61. The van der Waals surface area contributed by atoms with Crippen molar-refractivity contribution in [3.05, 3.63) is 34.6 Å². The van der Waals surface area contributed by atoms with E-state index in [9.17, 15) is 9.18 Å². The molecular formula is C11H12FNO3. The van der Waals surface area contributed by atoms with Gasteiger partial charge in [0, 0.05) is 17.7 Å². The van der Waals surface area contributed by atoms with Gasteiger partial charge >= 0.3 is 6.09 Å². The maximum atomic E-state index is 13.8. The molecule has 0 atom stereocenters. The fourth-order valence-electron chi connectivity index (χ4n) is 1.93. The number of benzene rings is 1. The highest BCUT2D eigenvalue weighted by Gasteiger charge is 2.23. The predicted molar refractivity (Wildman–Crippen MR) is 54.5 cm³/mol. The van der Waals surface area contributed by atoms with E-state index in [0.29, 0.717) is 18.5 Å². The minimum atomic E-state index is -1.04. The Morgan fingerprint density at radius 2 is 2.25 bits per heavy atom. The Morgan fingerprint density at radius 3 is 2.88 bits per heavy atom. The minimum absolute atomic E-state index is 0.0599. The van der Waals surface area contributed by atoms with Crippen molar-refractivity contribution in [1.29, 1.82) is 0 Å². The monoisotopic (exact) mass is 225 g/mol. The fourth-order valence-corrected chi connectivity index (χ4v) is 1.93. The Kier molecular flexibility index (Phi) is 2.78. The average Bonchev–Trinajstić information content (AvgIpc) is 2.29. The molecule has 1 amide bonds. The molecule has 5 heteroatoms. The summed E-state index contributed by atoms with van der Waals surface area (Å²) in [4.78, 5) is 12.0. The standard InChI is InChI=1S/C11H12FNO3/c12-10-8(6-14)2-1-7-3-4-13(11(15)16)5-9(7)10/h1-2,14H,3-6H2,(H,15,16). The SMILES string of the molecule is O=C(O)N1CCc2ccc(CO)c(F)c2C1. The lowest BCUT2D eigenvalue weighted by atomic mass is 9.97. The van der Waals surface area contributed by atoms with Crippen molar-refractivity contribution in [3.8, 4) is 0 Å². The van der Waals surface area contributed by atoms with Gasteiger partial charge in [0.05, 0.1) is 13.2 Å². The van der Waals surface area contributed by atoms with E-state index in [1.807, 2.05) is 0 Å². The molecule has 2 N–H and O–H groups in total. The van der Waals surface area contributed by atoms with Crippen LogP contribution in [0.5, 0.6) is 0 Å². The number of carboxylic acid groups (broad SMARTS) is 1. The molecule has 0 saturated carbocycles. The maximum Gasteiger partial charge on any atom is 0.407 e. The minimum Gasteiger partial charge on any atom is -0.465 e. The molecule has 0 bridgehead atoms. The van der Waals surface area contributed by atoms with Gasteiger partial charge in [0.1, 0.15) is 5.82 Å². The summed E-state index contributed by atoms with van der Waals surface area (Å²) in [5.41, 5.74) is 1.43. The summed E-state index contributed by atoms with van der Waals surface area (Å²) in [6, 6.07) is 3.30. The number of halogens is 1. The van der Waals surface area contributed by atoms with E-state index in [-0.39, 0.29) is 18.7 Å². The molecule has 0 saturated heterocycles. The molecule has 0 aromatic heterocycles. The van der Waals surface area contributed by atoms with Crippen molar-refractivity contribution < 1.29 is 19.4 Å². The van der Waals surface area contributed by atoms with E-state index in [4.69, 9.17) is 10.2 Å². The zero-order valence-electron chi connectivity index (χ0n) is 8.61. The van der Waals surface area contributed by atoms with Gasteiger partial charge in [0.25, 0.3) is 0 Å². The normalized spacial score (nSPS) is 14.8. The quantitative estimate of drug-likeness (QED) is 0.758. The Labute approximate surface area is 91.9 Å². The van der Waals surface area contributed by atoms with E-state index >= 15 is 0 Å². The van der Waals surface area contributed by atoms with Crippen LogP contribution in [0.4, 0.5) is 9.18 Å². The van der Waals surface area contributed by atoms with Gasteiger partial charge in [-0.1, -0.05) is 12.1 Å². The molecule has 0 unspecified atom stereocenters. The summed E-state index contributed by atoms with van der Waals surface area (Å²) in [5.74, 6) is -0.481. The largest absolute Gasteiger partial charge is 0.465 e. The number of nitrogens with zero attached hydrogens (tertiary/aromatic N) is 1. The first-order valence-corrected chi connectivity index (χ1v) is 5.01. The number of hydrogen-bond donors (Lipinski definition) is 2. The number of amides is 1. The van der Waals surface area contributed by atoms with Crippen LogP contribution in [0.1, 0.15) is 16.7 Å². The highest BCUT2D eigenvalue weighted by molar-refractivity contribution is 5.65. The van der Waals surface area contributed by atoms with Gasteiger partial charge in [0.2, 0.25) is 0 Å². The van der Waals surface area contributed by atoms with Crippen LogP contribution in [-0.2, 0) is 19.6 Å². The second kappa shape index (κ2) is 4.09. The smallest absolute Gasteiger partial charge is 0.407 e. The first kappa shape index (κ1) is 10.9. The van der Waals surface area contributed by atoms with Crippen molar-refractivity contribution in [2.75, 3.05) is 6.54 Å². The van der Waals surface area contributed by atoms with E-state index in [1.165, 1.54) is 4.90 Å². The van der Waals surface area contributed by atoms with E-state index in [1.54, 1.807) is 12.1 Å². The summed E-state index contributed by atoms with van der Waals surface area (Å²) >= 11 is 0. The van der Waals surface area contributed by atoms with Gasteiger partial charge in [0.15, 0.2) is 0 Å². The van der Waals surface area contributed by atoms with Crippen molar-refractivity contribution in [1.82, 2.24) is 4.90 Å². The Bertz CT molecular complexity index is 433. The van der Waals surface area contributed by atoms with E-state index in [2.05, 4.69) is 0 Å². The van der Waals surface area contributed by atoms with Crippen LogP contribution in [0, 0.1) is 5.82 Å². The second-order valence-electron chi connectivity index (χ2n) is 3.79. The molecule has 0 spiro atoms. The van der Waals surface area contributed by atoms with Gasteiger partial charge in [-0.25, -0.2) is 9.18 Å². The molecule has 0 aliphatic carbocycles. The van der Waals surface area contributed by atoms with E-state index < -0.39 is 11.9 Å². The van der Waals surface area contributed by atoms with Crippen molar-refractivity contribution in [2.24, 2.45) is 0 Å². The zero-order chi connectivity index (χ0) is 11.7. The van der Waals surface area contributed by atoms with Gasteiger partial charge in [-0.05, 0) is 12.0 Å². The average molecular weight is 225 g/mol. The van der Waals surface area contributed by atoms with Crippen LogP contribution in [0.2, 0.25) is 0 Å². The van der Waals surface area contributed by atoms with Crippen LogP contribution in [0.3, 0.4) is 0 Å². The lowest BCUT2D eigenvalue weighted by Gasteiger charge is -2.27. The summed E-state index contributed by atoms with van der Waals surface area (Å²) in [7, 11) is 0. The molecule has 1 aliphatic heterocycles. The highest BCUT2D eigenvalue weighted by Crippen LogP contribution is 2.24. The van der Waals surface area contributed by atoms with Crippen molar-refractivity contribution in [3.63, 3.8) is 0 Å². The number of rotatable bonds is 1. The second-order valence-corrected chi connectivity index (χ2v) is 3.79. The topological polar surface area (TPSA) is 60.8 Å². The predicted octanol–water partition coefficient (Wildman–Crippen LogP) is 1.35. The molecular weight excluding hydrogens is 213 g/mol. The number of aliphatic hydroxyl groups is 1. The van der Waals surface area contributed by atoms with Crippen LogP contribution >= 0.6 is 0 Å². The molecule has 1 aliphatic rings. The molecule has 1 aromatic carbocycles. The number of fused-ring (bicyclic) bond motifs is 1. The lowest BCUT2D eigenvalue weighted by molar-refractivity contribution is 0.139. The third-order valence-corrected chi connectivity index (χ3v) is 2.86. The molecule has 2 rings (SSSR count). The summed E-state index contributed by atoms with van der Waals surface area (Å²) in [6.07, 6.45) is -0.524. The molecule has 4 nitrogen and oxygen atoms in total. The fraction of sp³-hybridized carbons (Fsp3) is 0.364. The van der Waals surface area contributed by atoms with Gasteiger partial charge in [-0.3, -0.25) is 0 Å². The summed E-state index contributed by atoms with van der Waals surface area (Å²) < 4.78 is 13.8. The molecule has 16 heavy (non-hydrogen) atoms. The van der Waals surface area contributed by atoms with E-state index in [0.717, 1.165) is 5.56 Å². The lowest BCUT2D eigenvalue weighted by Crippen LogP contribution is -2.35. The van der Waals surface area contributed by atoms with Gasteiger partial charge in [-0.15, -0.1) is 0 Å². The number of carbonyl (C=O) groups is 1. The van der Waals surface area contributed by atoms with Gasteiger partial charge < -0.3 is 15.1 Å². The Morgan fingerprint density at radius 1 is 1.50 bits per heavy atom. The molecule has 0 fully saturated rings.